The minimum atomic E-state index is -0.105. The lowest BCUT2D eigenvalue weighted by molar-refractivity contribution is 0.172. The number of hydrogen-bond donors (Lipinski definition) is 0. The standard InChI is InChI=1S/C55H45BN2O4/c1-32-24-44-51-45(25-32)58(52-33(2)26-39(27-34(52)3)55(4,5)6)53-42(20-21-48-54(53)60-23-22-59-48)56(51)41-19-18-38(50-31-37-13-8-10-17-47(37)62-50)29-43(41)57(44)40-15-11-14-35(28-40)49-30-36-12-7-9-16-46(36)61-49/h7-21,24-31H,22-23H2,1-6H3. The highest BCUT2D eigenvalue weighted by molar-refractivity contribution is 7.00. The van der Waals surface area contributed by atoms with Gasteiger partial charge in [-0.25, -0.2) is 0 Å². The van der Waals surface area contributed by atoms with Crippen LogP contribution in [0, 0.1) is 20.8 Å². The van der Waals surface area contributed by atoms with E-state index in [4.69, 9.17) is 18.3 Å². The van der Waals surface area contributed by atoms with Gasteiger partial charge in [0.2, 0.25) is 0 Å². The summed E-state index contributed by atoms with van der Waals surface area (Å²) in [6, 6.07) is 50.2. The third kappa shape index (κ3) is 5.57. The van der Waals surface area contributed by atoms with Crippen molar-refractivity contribution in [3.63, 3.8) is 0 Å². The lowest BCUT2D eigenvalue weighted by Crippen LogP contribution is -2.61. The molecule has 0 spiro atoms. The van der Waals surface area contributed by atoms with Crippen molar-refractivity contribution in [3.05, 3.63) is 162 Å². The van der Waals surface area contributed by atoms with E-state index in [0.717, 1.165) is 95.8 Å². The molecule has 7 aromatic carbocycles. The minimum absolute atomic E-state index is 0.0000870. The average molecular weight is 809 g/mol. The maximum Gasteiger partial charge on any atom is 0.252 e. The molecule has 9 aromatic rings. The Morgan fingerprint density at radius 3 is 1.84 bits per heavy atom. The molecule has 0 radical (unpaired) electrons. The zero-order valence-corrected chi connectivity index (χ0v) is 35.8. The van der Waals surface area contributed by atoms with Crippen LogP contribution in [0.3, 0.4) is 0 Å². The Morgan fingerprint density at radius 2 is 1.16 bits per heavy atom. The van der Waals surface area contributed by atoms with E-state index in [9.17, 15) is 0 Å². The first kappa shape index (κ1) is 36.7. The number of hydrogen-bond acceptors (Lipinski definition) is 6. The van der Waals surface area contributed by atoms with E-state index in [-0.39, 0.29) is 12.1 Å². The maximum atomic E-state index is 6.68. The molecule has 6 nitrogen and oxygen atoms in total. The van der Waals surface area contributed by atoms with Gasteiger partial charge in [0.25, 0.3) is 6.71 Å². The molecule has 0 saturated heterocycles. The van der Waals surface area contributed by atoms with E-state index < -0.39 is 0 Å². The minimum Gasteiger partial charge on any atom is -0.486 e. The Morgan fingerprint density at radius 1 is 0.532 bits per heavy atom. The Labute approximate surface area is 362 Å². The molecule has 5 heterocycles. The second kappa shape index (κ2) is 13.4. The first-order valence-corrected chi connectivity index (χ1v) is 21.6. The Hall–Kier alpha value is -7.12. The van der Waals surface area contributed by atoms with Gasteiger partial charge in [0, 0.05) is 44.6 Å². The first-order valence-electron chi connectivity index (χ1n) is 21.6. The molecule has 0 saturated carbocycles. The summed E-state index contributed by atoms with van der Waals surface area (Å²) in [6.07, 6.45) is 0. The van der Waals surface area contributed by atoms with Crippen molar-refractivity contribution in [3.8, 4) is 34.1 Å². The highest BCUT2D eigenvalue weighted by Gasteiger charge is 2.46. The molecule has 12 rings (SSSR count). The van der Waals surface area contributed by atoms with Gasteiger partial charge in [0.15, 0.2) is 11.5 Å². The number of anilines is 6. The fraction of sp³-hybridized carbons (Fsp3) is 0.164. The molecule has 0 unspecified atom stereocenters. The van der Waals surface area contributed by atoms with E-state index in [1.165, 1.54) is 33.1 Å². The van der Waals surface area contributed by atoms with Gasteiger partial charge >= 0.3 is 0 Å². The molecule has 3 aliphatic heterocycles. The number of para-hydroxylation sites is 2. The van der Waals surface area contributed by atoms with Crippen LogP contribution in [-0.4, -0.2) is 19.9 Å². The van der Waals surface area contributed by atoms with E-state index >= 15 is 0 Å². The van der Waals surface area contributed by atoms with E-state index in [2.05, 4.69) is 167 Å². The van der Waals surface area contributed by atoms with Gasteiger partial charge < -0.3 is 28.1 Å². The Bertz CT molecular complexity index is 3230. The van der Waals surface area contributed by atoms with Crippen molar-refractivity contribution in [2.75, 3.05) is 23.0 Å². The molecule has 3 aliphatic rings. The zero-order valence-electron chi connectivity index (χ0n) is 35.8. The normalized spacial score (nSPS) is 14.0. The summed E-state index contributed by atoms with van der Waals surface area (Å²) in [7, 11) is 0. The van der Waals surface area contributed by atoms with Crippen LogP contribution in [0.5, 0.6) is 11.5 Å². The molecule has 0 bridgehead atoms. The van der Waals surface area contributed by atoms with Crippen molar-refractivity contribution in [2.45, 2.75) is 47.0 Å². The van der Waals surface area contributed by atoms with Gasteiger partial charge in [-0.3, -0.25) is 0 Å². The molecule has 2 aromatic heterocycles. The van der Waals surface area contributed by atoms with Gasteiger partial charge in [-0.2, -0.15) is 0 Å². The molecule has 302 valence electrons. The average Bonchev–Trinajstić information content (AvgIpc) is 3.91. The second-order valence-electron chi connectivity index (χ2n) is 18.2. The monoisotopic (exact) mass is 808 g/mol. The molecule has 0 atom stereocenters. The van der Waals surface area contributed by atoms with Crippen LogP contribution < -0.4 is 35.7 Å². The van der Waals surface area contributed by atoms with E-state index in [1.807, 2.05) is 24.3 Å². The number of rotatable bonds is 4. The lowest BCUT2D eigenvalue weighted by Gasteiger charge is -2.45. The van der Waals surface area contributed by atoms with Gasteiger partial charge in [-0.15, -0.1) is 0 Å². The number of aryl methyl sites for hydroxylation is 3. The Kier molecular flexibility index (Phi) is 7.96. The van der Waals surface area contributed by atoms with Crippen LogP contribution in [0.4, 0.5) is 34.1 Å². The van der Waals surface area contributed by atoms with Crippen molar-refractivity contribution in [1.82, 2.24) is 0 Å². The van der Waals surface area contributed by atoms with E-state index in [0.29, 0.717) is 13.2 Å². The number of benzene rings is 7. The van der Waals surface area contributed by atoms with Crippen molar-refractivity contribution >= 4 is 79.2 Å². The summed E-state index contributed by atoms with van der Waals surface area (Å²) in [5.41, 5.74) is 18.9. The molecule has 0 fully saturated rings. The fourth-order valence-electron chi connectivity index (χ4n) is 10.2. The molecular weight excluding hydrogens is 763 g/mol. The van der Waals surface area contributed by atoms with Gasteiger partial charge in [0.1, 0.15) is 35.9 Å². The molecule has 0 N–H and O–H groups in total. The van der Waals surface area contributed by atoms with Crippen LogP contribution in [0.25, 0.3) is 44.6 Å². The van der Waals surface area contributed by atoms with Crippen LogP contribution in [0.15, 0.2) is 148 Å². The summed E-state index contributed by atoms with van der Waals surface area (Å²) in [5, 5.41) is 2.16. The van der Waals surface area contributed by atoms with Crippen LogP contribution in [0.1, 0.15) is 43.0 Å². The number of nitrogens with zero attached hydrogens (tertiary/aromatic N) is 2. The molecule has 7 heteroatoms. The smallest absolute Gasteiger partial charge is 0.252 e. The fourth-order valence-corrected chi connectivity index (χ4v) is 10.2. The Balaban J connectivity index is 1.14. The first-order chi connectivity index (χ1) is 30.1. The van der Waals surface area contributed by atoms with Gasteiger partial charge in [-0.05, 0) is 125 Å². The largest absolute Gasteiger partial charge is 0.486 e. The van der Waals surface area contributed by atoms with Crippen molar-refractivity contribution in [2.24, 2.45) is 0 Å². The topological polar surface area (TPSA) is 51.2 Å². The molecule has 0 aliphatic carbocycles. The summed E-state index contributed by atoms with van der Waals surface area (Å²) in [5.74, 6) is 3.24. The summed E-state index contributed by atoms with van der Waals surface area (Å²) < 4.78 is 26.0. The van der Waals surface area contributed by atoms with Crippen LogP contribution in [0.2, 0.25) is 0 Å². The number of ether oxygens (including phenoxy) is 2. The summed E-state index contributed by atoms with van der Waals surface area (Å²) in [4.78, 5) is 4.94. The van der Waals surface area contributed by atoms with E-state index in [1.54, 1.807) is 0 Å². The van der Waals surface area contributed by atoms with Gasteiger partial charge in [-0.1, -0.05) is 99.6 Å². The van der Waals surface area contributed by atoms with Crippen LogP contribution >= 0.6 is 0 Å². The summed E-state index contributed by atoms with van der Waals surface area (Å²) in [6.45, 7) is 14.5. The quantitative estimate of drug-likeness (QED) is 0.165. The van der Waals surface area contributed by atoms with Crippen molar-refractivity contribution in [1.29, 1.82) is 0 Å². The molecular formula is C55H45BN2O4. The summed E-state index contributed by atoms with van der Waals surface area (Å²) >= 11 is 0. The maximum absolute atomic E-state index is 6.68. The predicted molar refractivity (Wildman–Crippen MR) is 255 cm³/mol. The van der Waals surface area contributed by atoms with Gasteiger partial charge in [0.05, 0.1) is 11.4 Å². The molecule has 0 amide bonds. The SMILES string of the molecule is Cc1cc2c3c(c1)N(c1c(C)cc(C(C)(C)C)cc1C)c1c(ccc4c1OCCO4)B3c1ccc(-c3cc4ccccc4o3)cc1N2c1cccc(-c2cc3ccccc3o2)c1. The zero-order chi connectivity index (χ0) is 42.0. The number of fused-ring (bicyclic) bond motifs is 8. The highest BCUT2D eigenvalue weighted by Crippen LogP contribution is 2.52. The van der Waals surface area contributed by atoms with Crippen molar-refractivity contribution < 1.29 is 18.3 Å². The third-order valence-corrected chi connectivity index (χ3v) is 13.0. The second-order valence-corrected chi connectivity index (χ2v) is 18.2. The third-order valence-electron chi connectivity index (χ3n) is 13.0. The highest BCUT2D eigenvalue weighted by atomic mass is 16.6. The predicted octanol–water partition coefficient (Wildman–Crippen LogP) is 12.6. The van der Waals surface area contributed by atoms with Crippen LogP contribution in [-0.2, 0) is 5.41 Å². The molecule has 62 heavy (non-hydrogen) atoms. The number of furan rings is 2. The lowest BCUT2D eigenvalue weighted by atomic mass is 9.33.